The third-order valence-corrected chi connectivity index (χ3v) is 5.61. The number of hydrogen-bond acceptors (Lipinski definition) is 6. The van der Waals surface area contributed by atoms with E-state index in [-0.39, 0.29) is 12.5 Å². The molecule has 2 aromatic heterocycles. The van der Waals surface area contributed by atoms with E-state index < -0.39 is 0 Å². The maximum atomic E-state index is 12.1. The maximum absolute atomic E-state index is 12.1. The first-order valence-electron chi connectivity index (χ1n) is 10.8. The van der Waals surface area contributed by atoms with Gasteiger partial charge in [-0.3, -0.25) is 4.79 Å². The van der Waals surface area contributed by atoms with Crippen LogP contribution in [0.2, 0.25) is 0 Å². The van der Waals surface area contributed by atoms with Gasteiger partial charge in [0, 0.05) is 43.8 Å². The Bertz CT molecular complexity index is 1030. The molecule has 0 saturated carbocycles. The molecule has 7 nitrogen and oxygen atoms in total. The number of nitrogens with zero attached hydrogens (tertiary/aromatic N) is 3. The second-order valence-electron chi connectivity index (χ2n) is 7.96. The molecule has 1 saturated heterocycles. The lowest BCUT2D eigenvalue weighted by atomic mass is 9.90. The van der Waals surface area contributed by atoms with Gasteiger partial charge in [-0.25, -0.2) is 9.97 Å². The average Bonchev–Trinajstić information content (AvgIpc) is 2.82. The van der Waals surface area contributed by atoms with Crippen molar-refractivity contribution >= 4 is 17.4 Å². The van der Waals surface area contributed by atoms with Crippen molar-refractivity contribution in [3.05, 3.63) is 72.1 Å². The highest BCUT2D eigenvalue weighted by Gasteiger charge is 2.26. The molecule has 1 aromatic carbocycles. The standard InChI is InChI=1S/C25H28N4O3/c1-18-5-10-23(27-16-18)28-20-6-8-21(9-7-20)32-25-22(4-3-13-26-25)19-11-14-29(15-12-19)24(30)17-31-2/h3-10,13,16,19H,11-12,14-15,17H2,1-2H3,(H,27,28). The van der Waals surface area contributed by atoms with Crippen molar-refractivity contribution in [2.24, 2.45) is 0 Å². The molecule has 1 fully saturated rings. The number of benzene rings is 1. The molecule has 1 N–H and O–H groups in total. The summed E-state index contributed by atoms with van der Waals surface area (Å²) in [6.45, 7) is 3.58. The van der Waals surface area contributed by atoms with Gasteiger partial charge in [0.1, 0.15) is 18.2 Å². The summed E-state index contributed by atoms with van der Waals surface area (Å²) < 4.78 is 11.1. The molecule has 1 amide bonds. The highest BCUT2D eigenvalue weighted by molar-refractivity contribution is 5.77. The zero-order chi connectivity index (χ0) is 22.3. The first kappa shape index (κ1) is 21.8. The molecule has 1 aliphatic rings. The smallest absolute Gasteiger partial charge is 0.248 e. The molecule has 0 radical (unpaired) electrons. The Morgan fingerprint density at radius 1 is 1.09 bits per heavy atom. The normalized spacial score (nSPS) is 14.2. The molecular formula is C25H28N4O3. The number of amides is 1. The van der Waals surface area contributed by atoms with Gasteiger partial charge in [0.15, 0.2) is 0 Å². The Hall–Kier alpha value is -3.45. The summed E-state index contributed by atoms with van der Waals surface area (Å²) >= 11 is 0. The van der Waals surface area contributed by atoms with Crippen LogP contribution in [0, 0.1) is 6.92 Å². The number of anilines is 2. The van der Waals surface area contributed by atoms with Crippen LogP contribution in [0.4, 0.5) is 11.5 Å². The van der Waals surface area contributed by atoms with E-state index in [2.05, 4.69) is 21.4 Å². The third-order valence-electron chi connectivity index (χ3n) is 5.61. The van der Waals surface area contributed by atoms with Crippen LogP contribution >= 0.6 is 0 Å². The largest absolute Gasteiger partial charge is 0.439 e. The van der Waals surface area contributed by atoms with Gasteiger partial charge in [0.25, 0.3) is 0 Å². The molecule has 0 atom stereocenters. The van der Waals surface area contributed by atoms with Crippen LogP contribution in [0.15, 0.2) is 60.9 Å². The van der Waals surface area contributed by atoms with Crippen molar-refractivity contribution in [2.75, 3.05) is 32.1 Å². The van der Waals surface area contributed by atoms with Gasteiger partial charge in [-0.2, -0.15) is 0 Å². The first-order valence-corrected chi connectivity index (χ1v) is 10.8. The van der Waals surface area contributed by atoms with Crippen LogP contribution in [0.3, 0.4) is 0 Å². The number of nitrogens with one attached hydrogen (secondary N) is 1. The fraction of sp³-hybridized carbons (Fsp3) is 0.320. The maximum Gasteiger partial charge on any atom is 0.248 e. The molecule has 1 aliphatic heterocycles. The zero-order valence-electron chi connectivity index (χ0n) is 18.5. The van der Waals surface area contributed by atoms with E-state index in [0.717, 1.165) is 41.2 Å². The fourth-order valence-electron chi connectivity index (χ4n) is 3.86. The van der Waals surface area contributed by atoms with Crippen molar-refractivity contribution in [1.82, 2.24) is 14.9 Å². The predicted octanol–water partition coefficient (Wildman–Crippen LogP) is 4.67. The van der Waals surface area contributed by atoms with E-state index in [1.165, 1.54) is 0 Å². The Labute approximate surface area is 188 Å². The average molecular weight is 433 g/mol. The summed E-state index contributed by atoms with van der Waals surface area (Å²) in [7, 11) is 1.55. The zero-order valence-corrected chi connectivity index (χ0v) is 18.5. The van der Waals surface area contributed by atoms with E-state index in [1.807, 2.05) is 60.5 Å². The Morgan fingerprint density at radius 2 is 1.88 bits per heavy atom. The summed E-state index contributed by atoms with van der Waals surface area (Å²) in [5.41, 5.74) is 3.14. The fourth-order valence-corrected chi connectivity index (χ4v) is 3.86. The number of aryl methyl sites for hydroxylation is 1. The van der Waals surface area contributed by atoms with E-state index in [4.69, 9.17) is 9.47 Å². The molecule has 0 bridgehead atoms. The number of pyridine rings is 2. The minimum Gasteiger partial charge on any atom is -0.439 e. The monoisotopic (exact) mass is 432 g/mol. The first-order chi connectivity index (χ1) is 15.6. The second-order valence-corrected chi connectivity index (χ2v) is 7.96. The van der Waals surface area contributed by atoms with Crippen molar-refractivity contribution in [1.29, 1.82) is 0 Å². The van der Waals surface area contributed by atoms with Crippen LogP contribution in [0.1, 0.15) is 29.9 Å². The summed E-state index contributed by atoms with van der Waals surface area (Å²) in [6, 6.07) is 15.7. The minimum atomic E-state index is 0.0446. The quantitative estimate of drug-likeness (QED) is 0.585. The number of hydrogen-bond donors (Lipinski definition) is 1. The van der Waals surface area contributed by atoms with Crippen LogP contribution < -0.4 is 10.1 Å². The summed E-state index contributed by atoms with van der Waals surface area (Å²) in [5, 5.41) is 3.28. The van der Waals surface area contributed by atoms with Crippen molar-refractivity contribution in [2.45, 2.75) is 25.7 Å². The Morgan fingerprint density at radius 3 is 2.56 bits per heavy atom. The van der Waals surface area contributed by atoms with Gasteiger partial charge in [-0.15, -0.1) is 0 Å². The summed E-state index contributed by atoms with van der Waals surface area (Å²) in [5.74, 6) is 2.49. The Balaban J connectivity index is 1.40. The molecule has 3 aromatic rings. The van der Waals surface area contributed by atoms with Gasteiger partial charge in [0.05, 0.1) is 0 Å². The molecule has 166 valence electrons. The minimum absolute atomic E-state index is 0.0446. The van der Waals surface area contributed by atoms with Gasteiger partial charge < -0.3 is 19.7 Å². The van der Waals surface area contributed by atoms with E-state index >= 15 is 0 Å². The molecule has 4 rings (SSSR count). The second kappa shape index (κ2) is 10.2. The number of likely N-dealkylation sites (tertiary alicyclic amines) is 1. The number of ether oxygens (including phenoxy) is 2. The van der Waals surface area contributed by atoms with Crippen molar-refractivity contribution < 1.29 is 14.3 Å². The molecule has 0 spiro atoms. The van der Waals surface area contributed by atoms with E-state index in [9.17, 15) is 4.79 Å². The van der Waals surface area contributed by atoms with Gasteiger partial charge in [-0.1, -0.05) is 12.1 Å². The predicted molar refractivity (Wildman–Crippen MR) is 123 cm³/mol. The van der Waals surface area contributed by atoms with Crippen LogP contribution in [-0.4, -0.2) is 47.6 Å². The van der Waals surface area contributed by atoms with Gasteiger partial charge in [-0.05, 0) is 67.6 Å². The van der Waals surface area contributed by atoms with Gasteiger partial charge >= 0.3 is 0 Å². The Kier molecular flexibility index (Phi) is 6.97. The topological polar surface area (TPSA) is 76.6 Å². The van der Waals surface area contributed by atoms with E-state index in [0.29, 0.717) is 24.9 Å². The summed E-state index contributed by atoms with van der Waals surface area (Å²) in [6.07, 6.45) is 5.34. The lowest BCUT2D eigenvalue weighted by Gasteiger charge is -2.32. The number of carbonyl (C=O) groups excluding carboxylic acids is 1. The number of carbonyl (C=O) groups is 1. The highest BCUT2D eigenvalue weighted by atomic mass is 16.5. The lowest BCUT2D eigenvalue weighted by Crippen LogP contribution is -2.39. The molecule has 0 aliphatic carbocycles. The molecule has 32 heavy (non-hydrogen) atoms. The third kappa shape index (κ3) is 5.42. The number of piperidine rings is 1. The number of aromatic nitrogens is 2. The van der Waals surface area contributed by atoms with Crippen LogP contribution in [0.5, 0.6) is 11.6 Å². The number of methoxy groups -OCH3 is 1. The highest BCUT2D eigenvalue weighted by Crippen LogP contribution is 2.35. The number of rotatable bonds is 7. The van der Waals surface area contributed by atoms with Gasteiger partial charge in [0.2, 0.25) is 11.8 Å². The molecule has 7 heteroatoms. The van der Waals surface area contributed by atoms with Crippen molar-refractivity contribution in [3.63, 3.8) is 0 Å². The SMILES string of the molecule is COCC(=O)N1CCC(c2cccnc2Oc2ccc(Nc3ccc(C)cn3)cc2)CC1. The van der Waals surface area contributed by atoms with Crippen LogP contribution in [-0.2, 0) is 9.53 Å². The molecule has 3 heterocycles. The molecule has 0 unspecified atom stereocenters. The lowest BCUT2D eigenvalue weighted by molar-refractivity contribution is -0.136. The van der Waals surface area contributed by atoms with Crippen molar-refractivity contribution in [3.8, 4) is 11.6 Å². The van der Waals surface area contributed by atoms with E-state index in [1.54, 1.807) is 13.3 Å². The summed E-state index contributed by atoms with van der Waals surface area (Å²) in [4.78, 5) is 22.8. The van der Waals surface area contributed by atoms with Crippen LogP contribution in [0.25, 0.3) is 0 Å². The molecular weight excluding hydrogens is 404 g/mol.